The number of benzene rings is 2. The molecule has 43 heavy (non-hydrogen) atoms. The van der Waals surface area contributed by atoms with E-state index in [2.05, 4.69) is 0 Å². The molecule has 3 aromatic rings. The third-order valence-corrected chi connectivity index (χ3v) is 7.70. The second-order valence-corrected chi connectivity index (χ2v) is 11.0. The van der Waals surface area contributed by atoms with Crippen molar-refractivity contribution in [1.82, 2.24) is 0 Å². The highest BCUT2D eigenvalue weighted by Gasteiger charge is 2.65. The Bertz CT molecular complexity index is 1580. The van der Waals surface area contributed by atoms with Gasteiger partial charge in [-0.3, -0.25) is 19.2 Å². The molecule has 2 aromatic carbocycles. The van der Waals surface area contributed by atoms with Gasteiger partial charge in [-0.05, 0) is 60.4 Å². The summed E-state index contributed by atoms with van der Waals surface area (Å²) >= 11 is 6.73. The topological polar surface area (TPSA) is 137 Å². The summed E-state index contributed by atoms with van der Waals surface area (Å²) in [7, 11) is 0. The van der Waals surface area contributed by atoms with E-state index in [1.807, 2.05) is 24.3 Å². The van der Waals surface area contributed by atoms with Gasteiger partial charge in [-0.25, -0.2) is 0 Å². The summed E-state index contributed by atoms with van der Waals surface area (Å²) in [6.45, 7) is 6.29. The third kappa shape index (κ3) is 6.11. The van der Waals surface area contributed by atoms with E-state index in [9.17, 15) is 19.2 Å². The highest BCUT2D eigenvalue weighted by atomic mass is 35.5. The number of esters is 4. The molecule has 1 aromatic heterocycles. The van der Waals surface area contributed by atoms with E-state index in [1.54, 1.807) is 25.3 Å². The average molecular weight is 615 g/mol. The molecule has 1 fully saturated rings. The van der Waals surface area contributed by atoms with Gasteiger partial charge in [-0.15, -0.1) is 0 Å². The Balaban J connectivity index is 1.64. The van der Waals surface area contributed by atoms with Crippen molar-refractivity contribution >= 4 is 46.4 Å². The minimum absolute atomic E-state index is 0.00771. The molecule has 0 aliphatic carbocycles. The quantitative estimate of drug-likeness (QED) is 0.275. The van der Waals surface area contributed by atoms with Crippen LogP contribution in [0.25, 0.3) is 11.0 Å². The summed E-state index contributed by atoms with van der Waals surface area (Å²) < 4.78 is 40.7. The molecule has 6 atom stereocenters. The second kappa shape index (κ2) is 12.0. The van der Waals surface area contributed by atoms with Gasteiger partial charge in [0.15, 0.2) is 12.2 Å². The Hall–Kier alpha value is -3.93. The fraction of sp³-hybridized carbons (Fsp3) is 0.419. The molecule has 5 rings (SSSR count). The second-order valence-electron chi connectivity index (χ2n) is 10.6. The summed E-state index contributed by atoms with van der Waals surface area (Å²) in [6, 6.07) is 11.2. The molecule has 11 nitrogen and oxygen atoms in total. The first-order chi connectivity index (χ1) is 20.4. The summed E-state index contributed by atoms with van der Waals surface area (Å²) in [5, 5.41) is 1.41. The Labute approximate surface area is 252 Å². The summed E-state index contributed by atoms with van der Waals surface area (Å²) in [5.41, 5.74) is 3.54. The molecule has 2 aliphatic rings. The molecule has 12 heteroatoms. The van der Waals surface area contributed by atoms with Crippen molar-refractivity contribution in [3.05, 3.63) is 69.9 Å². The predicted octanol–water partition coefficient (Wildman–Crippen LogP) is 4.51. The van der Waals surface area contributed by atoms with E-state index >= 15 is 0 Å². The molecule has 0 amide bonds. The normalized spacial score (nSPS) is 25.2. The minimum atomic E-state index is -1.84. The number of carbonyl (C=O) groups is 4. The highest BCUT2D eigenvalue weighted by Crippen LogP contribution is 2.50. The van der Waals surface area contributed by atoms with E-state index in [0.29, 0.717) is 28.1 Å². The van der Waals surface area contributed by atoms with Gasteiger partial charge in [-0.1, -0.05) is 17.7 Å². The van der Waals surface area contributed by atoms with Crippen LogP contribution < -0.4 is 0 Å². The predicted molar refractivity (Wildman–Crippen MR) is 150 cm³/mol. The monoisotopic (exact) mass is 614 g/mol. The van der Waals surface area contributed by atoms with Crippen LogP contribution in [0.15, 0.2) is 47.1 Å². The van der Waals surface area contributed by atoms with Crippen molar-refractivity contribution in [1.29, 1.82) is 0 Å². The van der Waals surface area contributed by atoms with Crippen molar-refractivity contribution in [3.8, 4) is 0 Å². The Morgan fingerprint density at radius 1 is 0.930 bits per heavy atom. The molecular formula is C31H31ClO11. The molecule has 3 heterocycles. The standard InChI is InChI=1S/C31H31ClO11/c1-15(39-16(2)33)27-28(40-17(3)34)29(41-18(4)35)30(42-19(5)36)31(43-27)24-12-22(25(32)13-23(24)14-38-31)11-20-6-7-26-21(10-20)8-9-37-26/h6-10,12-13,15,27-30H,11,14H2,1-5H3/t15-,27-,28-,29+,30-,31+/m1/s1. The van der Waals surface area contributed by atoms with E-state index in [-0.39, 0.29) is 6.61 Å². The van der Waals surface area contributed by atoms with Gasteiger partial charge in [0.1, 0.15) is 17.8 Å². The van der Waals surface area contributed by atoms with Crippen LogP contribution in [0.2, 0.25) is 5.02 Å². The first kappa shape index (κ1) is 30.5. The molecule has 0 N–H and O–H groups in total. The number of furan rings is 1. The maximum absolute atomic E-state index is 12.5. The molecule has 0 bridgehead atoms. The van der Waals surface area contributed by atoms with Crippen LogP contribution in [0, 0.1) is 0 Å². The largest absolute Gasteiger partial charge is 0.464 e. The molecule has 1 saturated heterocycles. The van der Waals surface area contributed by atoms with Crippen molar-refractivity contribution in [2.45, 2.75) is 84.0 Å². The fourth-order valence-electron chi connectivity index (χ4n) is 5.75. The number of hydrogen-bond donors (Lipinski definition) is 0. The minimum Gasteiger partial charge on any atom is -0.464 e. The third-order valence-electron chi connectivity index (χ3n) is 7.34. The molecule has 1 spiro atoms. The van der Waals surface area contributed by atoms with E-state index < -0.39 is 60.2 Å². The van der Waals surface area contributed by atoms with E-state index in [4.69, 9.17) is 44.4 Å². The van der Waals surface area contributed by atoms with Crippen molar-refractivity contribution in [2.24, 2.45) is 0 Å². The van der Waals surface area contributed by atoms with Crippen LogP contribution >= 0.6 is 11.6 Å². The highest BCUT2D eigenvalue weighted by molar-refractivity contribution is 6.31. The van der Waals surface area contributed by atoms with Crippen molar-refractivity contribution in [2.75, 3.05) is 0 Å². The Morgan fingerprint density at radius 2 is 1.63 bits per heavy atom. The van der Waals surface area contributed by atoms with Gasteiger partial charge in [-0.2, -0.15) is 0 Å². The zero-order valence-corrected chi connectivity index (χ0v) is 25.0. The van der Waals surface area contributed by atoms with Crippen LogP contribution in [0.3, 0.4) is 0 Å². The molecule has 0 unspecified atom stereocenters. The van der Waals surface area contributed by atoms with Gasteiger partial charge < -0.3 is 32.8 Å². The zero-order chi connectivity index (χ0) is 31.1. The number of rotatable bonds is 7. The van der Waals surface area contributed by atoms with Gasteiger partial charge in [0, 0.05) is 43.7 Å². The van der Waals surface area contributed by atoms with Crippen LogP contribution in [0.5, 0.6) is 0 Å². The van der Waals surface area contributed by atoms with E-state index in [0.717, 1.165) is 16.5 Å². The number of fused-ring (bicyclic) bond motifs is 3. The molecule has 0 radical (unpaired) electrons. The van der Waals surface area contributed by atoms with Crippen LogP contribution in [-0.4, -0.2) is 54.4 Å². The molecular weight excluding hydrogens is 584 g/mol. The zero-order valence-electron chi connectivity index (χ0n) is 24.2. The van der Waals surface area contributed by atoms with Gasteiger partial charge in [0.25, 0.3) is 0 Å². The summed E-state index contributed by atoms with van der Waals surface area (Å²) in [5.74, 6) is -4.64. The molecule has 2 aliphatic heterocycles. The van der Waals surface area contributed by atoms with Crippen molar-refractivity contribution in [3.63, 3.8) is 0 Å². The summed E-state index contributed by atoms with van der Waals surface area (Å²) in [6.07, 6.45) is -4.30. The number of ether oxygens (including phenoxy) is 6. The van der Waals surface area contributed by atoms with Crippen LogP contribution in [-0.2, 0) is 66.4 Å². The fourth-order valence-corrected chi connectivity index (χ4v) is 6.01. The lowest BCUT2D eigenvalue weighted by molar-refractivity contribution is -0.375. The molecule has 228 valence electrons. The lowest BCUT2D eigenvalue weighted by Crippen LogP contribution is -2.67. The van der Waals surface area contributed by atoms with Gasteiger partial charge in [0.05, 0.1) is 12.9 Å². The Morgan fingerprint density at radius 3 is 2.30 bits per heavy atom. The van der Waals surface area contributed by atoms with Gasteiger partial charge >= 0.3 is 23.9 Å². The first-order valence-corrected chi connectivity index (χ1v) is 14.0. The van der Waals surface area contributed by atoms with Crippen LogP contribution in [0.1, 0.15) is 56.9 Å². The summed E-state index contributed by atoms with van der Waals surface area (Å²) in [4.78, 5) is 49.0. The maximum Gasteiger partial charge on any atom is 0.303 e. The maximum atomic E-state index is 12.5. The van der Waals surface area contributed by atoms with E-state index in [1.165, 1.54) is 27.7 Å². The number of hydrogen-bond acceptors (Lipinski definition) is 11. The SMILES string of the molecule is CC(=O)O[C@H]1[C@H](OC(C)=O)[C@@H](OC(C)=O)[C@@]2(OCc3cc(Cl)c(Cc4ccc5occc5c4)cc32)O[C@@H]1[C@@H](C)OC(C)=O. The molecule has 0 saturated carbocycles. The number of halogens is 1. The van der Waals surface area contributed by atoms with Gasteiger partial charge in [0.2, 0.25) is 11.9 Å². The number of carbonyl (C=O) groups excluding carboxylic acids is 4. The van der Waals surface area contributed by atoms with Crippen LogP contribution in [0.4, 0.5) is 0 Å². The van der Waals surface area contributed by atoms with Crippen molar-refractivity contribution < 1.29 is 52.0 Å². The smallest absolute Gasteiger partial charge is 0.303 e. The lowest BCUT2D eigenvalue weighted by Gasteiger charge is -2.50. The lowest BCUT2D eigenvalue weighted by atomic mass is 9.84. The average Bonchev–Trinajstić information content (AvgIpc) is 3.51. The Kier molecular flexibility index (Phi) is 8.51. The first-order valence-electron chi connectivity index (χ1n) is 13.7.